The molecule has 0 saturated heterocycles. The molecule has 294 valence electrons. The van der Waals surface area contributed by atoms with Gasteiger partial charge in [-0.15, -0.1) is 0 Å². The zero-order chi connectivity index (χ0) is 39.7. The van der Waals surface area contributed by atoms with Gasteiger partial charge in [0.2, 0.25) is 0 Å². The van der Waals surface area contributed by atoms with Crippen molar-refractivity contribution in [1.82, 2.24) is 15.2 Å². The average Bonchev–Trinajstić information content (AvgIpc) is 3.82. The van der Waals surface area contributed by atoms with Crippen LogP contribution in [0.4, 0.5) is 0 Å². The lowest BCUT2D eigenvalue weighted by molar-refractivity contribution is 0.292. The Labute approximate surface area is 347 Å². The first-order chi connectivity index (χ1) is 28.9. The first-order valence-electron chi connectivity index (χ1n) is 21.8. The third kappa shape index (κ3) is 6.38. The van der Waals surface area contributed by atoms with E-state index >= 15 is 0 Å². The van der Waals surface area contributed by atoms with Crippen LogP contribution in [0.1, 0.15) is 111 Å². The number of nitrogens with one attached hydrogen (secondary N) is 2. The smallest absolute Gasteiger partial charge is 0.135 e. The van der Waals surface area contributed by atoms with Crippen LogP contribution in [-0.2, 0) is 12.1 Å². The number of aliphatic imine (C=N–C) groups is 1. The van der Waals surface area contributed by atoms with Crippen molar-refractivity contribution in [3.63, 3.8) is 0 Å². The molecule has 0 fully saturated rings. The molecule has 5 heteroatoms. The lowest BCUT2D eigenvalue weighted by Crippen LogP contribution is -2.61. The zero-order valence-corrected chi connectivity index (χ0v) is 34.3. The van der Waals surface area contributed by atoms with Gasteiger partial charge < -0.3 is 14.3 Å². The summed E-state index contributed by atoms with van der Waals surface area (Å²) in [5.41, 5.74) is 14.6. The summed E-state index contributed by atoms with van der Waals surface area (Å²) in [6.07, 6.45) is 34.8. The van der Waals surface area contributed by atoms with Gasteiger partial charge in [0.25, 0.3) is 0 Å². The third-order valence-corrected chi connectivity index (χ3v) is 13.5. The quantitative estimate of drug-likeness (QED) is 0.181. The summed E-state index contributed by atoms with van der Waals surface area (Å²) in [6, 6.07) is 24.8. The van der Waals surface area contributed by atoms with Crippen LogP contribution in [0, 0.1) is 5.92 Å². The van der Waals surface area contributed by atoms with Gasteiger partial charge in [0.05, 0.1) is 6.04 Å². The molecule has 0 radical (unpaired) electrons. The van der Waals surface area contributed by atoms with E-state index in [4.69, 9.17) is 9.41 Å². The van der Waals surface area contributed by atoms with Gasteiger partial charge in [0.15, 0.2) is 0 Å². The number of hydrogen-bond donors (Lipinski definition) is 2. The molecule has 6 aliphatic rings. The predicted octanol–water partition coefficient (Wildman–Crippen LogP) is 12.9. The first-order valence-corrected chi connectivity index (χ1v) is 21.8. The first kappa shape index (κ1) is 36.2. The monoisotopic (exact) mass is 772 g/mol. The van der Waals surface area contributed by atoms with Gasteiger partial charge in [-0.1, -0.05) is 135 Å². The minimum atomic E-state index is -0.587. The van der Waals surface area contributed by atoms with Gasteiger partial charge in [-0.3, -0.25) is 5.32 Å². The lowest BCUT2D eigenvalue weighted by Gasteiger charge is -2.42. The topological polar surface area (TPSA) is 54.5 Å². The highest BCUT2D eigenvalue weighted by atomic mass is 16.3. The molecular weight excluding hydrogens is 721 g/mol. The number of hydrogen-bond acceptors (Lipinski definition) is 4. The van der Waals surface area contributed by atoms with Gasteiger partial charge in [-0.25, -0.2) is 4.99 Å². The highest BCUT2D eigenvalue weighted by Gasteiger charge is 2.38. The van der Waals surface area contributed by atoms with Crippen LogP contribution in [-0.4, -0.2) is 16.6 Å². The number of nitrogens with zero attached hydrogens (tertiary/aromatic N) is 2. The molecule has 2 aromatic heterocycles. The Morgan fingerprint density at radius 2 is 1.66 bits per heavy atom. The fourth-order valence-corrected chi connectivity index (χ4v) is 10.4. The number of benzene rings is 3. The fourth-order valence-electron chi connectivity index (χ4n) is 10.4. The second kappa shape index (κ2) is 14.4. The van der Waals surface area contributed by atoms with Crippen molar-refractivity contribution < 1.29 is 4.42 Å². The van der Waals surface area contributed by atoms with Crippen LogP contribution in [0.3, 0.4) is 0 Å². The summed E-state index contributed by atoms with van der Waals surface area (Å²) in [7, 11) is 0. The van der Waals surface area contributed by atoms with Crippen molar-refractivity contribution in [2.75, 3.05) is 0 Å². The van der Waals surface area contributed by atoms with E-state index in [1.54, 1.807) is 0 Å². The number of rotatable bonds is 6. The minimum absolute atomic E-state index is 0.167. The van der Waals surface area contributed by atoms with E-state index in [1.807, 2.05) is 0 Å². The van der Waals surface area contributed by atoms with Crippen molar-refractivity contribution in [2.45, 2.75) is 89.5 Å². The normalized spacial score (nSPS) is 26.1. The number of amidine groups is 1. The zero-order valence-electron chi connectivity index (χ0n) is 34.3. The molecule has 3 aromatic carbocycles. The molecular formula is C54H52N4O. The summed E-state index contributed by atoms with van der Waals surface area (Å²) in [4.78, 5) is 5.35. The second-order valence-corrected chi connectivity index (χ2v) is 17.7. The van der Waals surface area contributed by atoms with E-state index < -0.39 is 5.66 Å². The summed E-state index contributed by atoms with van der Waals surface area (Å²) >= 11 is 0. The molecule has 5 unspecified atom stereocenters. The van der Waals surface area contributed by atoms with E-state index in [0.29, 0.717) is 11.8 Å². The number of furan rings is 1. The van der Waals surface area contributed by atoms with Gasteiger partial charge >= 0.3 is 0 Å². The van der Waals surface area contributed by atoms with Crippen LogP contribution in [0.5, 0.6) is 0 Å². The molecule has 11 rings (SSSR count). The molecule has 3 heterocycles. The summed E-state index contributed by atoms with van der Waals surface area (Å²) < 4.78 is 9.53. The van der Waals surface area contributed by atoms with Crippen LogP contribution in [0.25, 0.3) is 45.2 Å². The van der Waals surface area contributed by atoms with Crippen molar-refractivity contribution in [2.24, 2.45) is 10.9 Å². The maximum Gasteiger partial charge on any atom is 0.135 e. The molecule has 0 amide bonds. The largest absolute Gasteiger partial charge is 0.460 e. The average molecular weight is 773 g/mol. The SMILES string of the molecule is CC1C=C(C2N=C(C3=CC=C(c4ccccc4)CC3)NC(C)(c3ccc4c5c(oc4c3)CC(n3c4c(c6cc(C7=CCCC=C7)ccc63)C=CCC4C)C=C5)N2)C=CC1. The Kier molecular flexibility index (Phi) is 8.85. The standard InChI is InChI=1S/C54H52N4O/c1-34-12-10-18-41(30-34)53-55-52(39-22-20-38(21-23-39)36-14-6-4-7-15-36)56-54(3,57-53)42-25-27-44-45-28-26-43(33-50(45)59-49(44)32-42)58-48-29-24-40(37-16-8-5-9-17-37)31-47(48)46-19-11-13-35(2)51(46)58/h4,6-8,10-11,14-20,22,24-32,34-35,43,53,57H,5,9,12-13,21,23,33H2,1-3H3,(H,55,56). The van der Waals surface area contributed by atoms with E-state index in [0.717, 1.165) is 73.1 Å². The van der Waals surface area contributed by atoms with Crippen molar-refractivity contribution in [3.05, 3.63) is 178 Å². The van der Waals surface area contributed by atoms with Gasteiger partial charge in [-0.05, 0) is 109 Å². The summed E-state index contributed by atoms with van der Waals surface area (Å²) in [5.74, 6) is 2.94. The maximum absolute atomic E-state index is 6.91. The van der Waals surface area contributed by atoms with Gasteiger partial charge in [-0.2, -0.15) is 0 Å². The van der Waals surface area contributed by atoms with Crippen molar-refractivity contribution in [1.29, 1.82) is 0 Å². The Morgan fingerprint density at radius 3 is 2.49 bits per heavy atom. The molecule has 5 aromatic rings. The van der Waals surface area contributed by atoms with Crippen LogP contribution in [0.15, 0.2) is 148 Å². The van der Waals surface area contributed by atoms with Gasteiger partial charge in [0, 0.05) is 45.4 Å². The minimum Gasteiger partial charge on any atom is -0.460 e. The van der Waals surface area contributed by atoms with E-state index in [9.17, 15) is 0 Å². The predicted molar refractivity (Wildman–Crippen MR) is 246 cm³/mol. The fraction of sp³-hybridized carbons (Fsp3) is 0.278. The molecule has 5 atom stereocenters. The van der Waals surface area contributed by atoms with E-state index in [-0.39, 0.29) is 12.2 Å². The molecule has 2 N–H and O–H groups in total. The Bertz CT molecular complexity index is 2810. The number of aromatic nitrogens is 1. The summed E-state index contributed by atoms with van der Waals surface area (Å²) in [5, 5.41) is 10.3. The Balaban J connectivity index is 0.929. The second-order valence-electron chi connectivity index (χ2n) is 17.7. The Morgan fingerprint density at radius 1 is 0.797 bits per heavy atom. The molecule has 0 spiro atoms. The van der Waals surface area contributed by atoms with Crippen LogP contribution in [0.2, 0.25) is 0 Å². The highest BCUT2D eigenvalue weighted by molar-refractivity contribution is 6.01. The number of fused-ring (bicyclic) bond motifs is 6. The highest BCUT2D eigenvalue weighted by Crippen LogP contribution is 2.44. The molecule has 5 aliphatic carbocycles. The number of allylic oxidation sites excluding steroid dienone is 11. The van der Waals surface area contributed by atoms with E-state index in [1.165, 1.54) is 61.1 Å². The van der Waals surface area contributed by atoms with Crippen molar-refractivity contribution >= 4 is 51.0 Å². The molecule has 0 saturated carbocycles. The maximum atomic E-state index is 6.91. The molecule has 59 heavy (non-hydrogen) atoms. The van der Waals surface area contributed by atoms with Gasteiger partial charge in [0.1, 0.15) is 29.0 Å². The molecule has 1 aliphatic heterocycles. The van der Waals surface area contributed by atoms with Crippen LogP contribution < -0.4 is 10.6 Å². The molecule has 5 nitrogen and oxygen atoms in total. The molecule has 0 bridgehead atoms. The Hall–Kier alpha value is -5.91. The summed E-state index contributed by atoms with van der Waals surface area (Å²) in [6.45, 7) is 6.92. The lowest BCUT2D eigenvalue weighted by atomic mass is 9.90. The van der Waals surface area contributed by atoms with E-state index in [2.05, 4.69) is 176 Å². The van der Waals surface area contributed by atoms with Crippen molar-refractivity contribution in [3.8, 4) is 0 Å². The third-order valence-electron chi connectivity index (χ3n) is 13.5. The van der Waals surface area contributed by atoms with Crippen LogP contribution >= 0.6 is 0 Å².